The summed E-state index contributed by atoms with van der Waals surface area (Å²) >= 11 is 9.60. The number of aromatic nitrogens is 2. The van der Waals surface area contributed by atoms with Crippen LogP contribution in [0, 0.1) is 0 Å². The zero-order valence-electron chi connectivity index (χ0n) is 16.5. The molecule has 5 rings (SSSR count). The Bertz CT molecular complexity index is 981. The predicted octanol–water partition coefficient (Wildman–Crippen LogP) is 5.48. The number of halogens is 3. The first kappa shape index (κ1) is 23.2. The van der Waals surface area contributed by atoms with E-state index in [4.69, 9.17) is 21.1 Å². The lowest BCUT2D eigenvalue weighted by Gasteiger charge is -2.41. The van der Waals surface area contributed by atoms with E-state index in [2.05, 4.69) is 45.2 Å². The summed E-state index contributed by atoms with van der Waals surface area (Å²) in [5, 5.41) is 5.07. The summed E-state index contributed by atoms with van der Waals surface area (Å²) in [6.07, 6.45) is 3.51. The summed E-state index contributed by atoms with van der Waals surface area (Å²) < 4.78 is 6.87. The number of likely N-dealkylation sites (N-methyl/N-ethyl adjacent to an activating group) is 1. The Morgan fingerprint density at radius 1 is 1.07 bits per heavy atom. The van der Waals surface area contributed by atoms with Gasteiger partial charge in [-0.1, -0.05) is 44.8 Å². The second-order valence-electron chi connectivity index (χ2n) is 7.85. The first-order chi connectivity index (χ1) is 13.6. The molecule has 2 aliphatic rings. The summed E-state index contributed by atoms with van der Waals surface area (Å²) in [6.45, 7) is 0. The summed E-state index contributed by atoms with van der Waals surface area (Å²) in [4.78, 5) is 7.35. The molecule has 160 valence electrons. The summed E-state index contributed by atoms with van der Waals surface area (Å²) in [5.74, 6) is 1.96. The highest BCUT2D eigenvalue weighted by Gasteiger charge is 2.48. The van der Waals surface area contributed by atoms with E-state index in [9.17, 15) is 0 Å². The van der Waals surface area contributed by atoms with Crippen molar-refractivity contribution in [2.45, 2.75) is 43.2 Å². The van der Waals surface area contributed by atoms with E-state index < -0.39 is 0 Å². The average Bonchev–Trinajstić information content (AvgIpc) is 3.26. The van der Waals surface area contributed by atoms with Crippen LogP contribution in [0.15, 0.2) is 57.5 Å². The van der Waals surface area contributed by atoms with Gasteiger partial charge in [-0.3, -0.25) is 4.90 Å². The third-order valence-electron chi connectivity index (χ3n) is 6.40. The fraction of sp³-hybridized carbons (Fsp3) is 0.364. The molecular formula is C22H24BrCl2N3O2. The third-order valence-corrected chi connectivity index (χ3v) is 7.18. The average molecular weight is 513 g/mol. The fourth-order valence-corrected chi connectivity index (χ4v) is 5.33. The van der Waals surface area contributed by atoms with Crippen LogP contribution >= 0.6 is 39.9 Å². The lowest BCUT2D eigenvalue weighted by molar-refractivity contribution is 0.120. The molecule has 2 unspecified atom stereocenters. The normalized spacial score (nSPS) is 25.4. The molecule has 30 heavy (non-hydrogen) atoms. The minimum atomic E-state index is 0. The van der Waals surface area contributed by atoms with Crippen molar-refractivity contribution in [3.8, 4) is 11.4 Å². The number of rotatable bonds is 3. The maximum Gasteiger partial charge on any atom is 0.232 e. The Labute approximate surface area is 195 Å². The molecule has 0 spiro atoms. The molecule has 2 aromatic carbocycles. The molecule has 2 aliphatic heterocycles. The molecule has 2 saturated heterocycles. The van der Waals surface area contributed by atoms with Gasteiger partial charge in [-0.05, 0) is 74.2 Å². The number of nitrogens with zero attached hydrogens (tertiary/aromatic N) is 3. The van der Waals surface area contributed by atoms with Crippen LogP contribution in [-0.4, -0.2) is 39.6 Å². The second kappa shape index (κ2) is 9.37. The molecule has 2 bridgehead atoms. The van der Waals surface area contributed by atoms with Crippen LogP contribution in [0.2, 0.25) is 5.02 Å². The van der Waals surface area contributed by atoms with E-state index in [1.165, 1.54) is 18.4 Å². The van der Waals surface area contributed by atoms with Crippen LogP contribution in [0.25, 0.3) is 11.4 Å². The molecule has 1 aromatic heterocycles. The van der Waals surface area contributed by atoms with Crippen molar-refractivity contribution in [3.63, 3.8) is 0 Å². The van der Waals surface area contributed by atoms with Crippen LogP contribution in [0.1, 0.15) is 42.6 Å². The quantitative estimate of drug-likeness (QED) is 0.465. The number of fused-ring (bicyclic) bond motifs is 2. The molecule has 0 radical (unpaired) electrons. The minimum Gasteiger partial charge on any atom is -0.412 e. The van der Waals surface area contributed by atoms with Gasteiger partial charge in [0, 0.05) is 27.1 Å². The van der Waals surface area contributed by atoms with E-state index in [1.807, 2.05) is 36.4 Å². The molecule has 4 atom stereocenters. The Morgan fingerprint density at radius 2 is 1.77 bits per heavy atom. The van der Waals surface area contributed by atoms with E-state index in [0.717, 1.165) is 27.4 Å². The van der Waals surface area contributed by atoms with E-state index in [1.54, 1.807) is 0 Å². The van der Waals surface area contributed by atoms with Gasteiger partial charge in [-0.25, -0.2) is 0 Å². The minimum absolute atomic E-state index is 0. The molecule has 2 N–H and O–H groups in total. The number of hydrogen-bond acceptors (Lipinski definition) is 4. The lowest BCUT2D eigenvalue weighted by Crippen LogP contribution is -2.44. The summed E-state index contributed by atoms with van der Waals surface area (Å²) in [7, 11) is 2.24. The lowest BCUT2D eigenvalue weighted by atomic mass is 9.76. The van der Waals surface area contributed by atoms with Crippen LogP contribution in [-0.2, 0) is 0 Å². The summed E-state index contributed by atoms with van der Waals surface area (Å²) in [6, 6.07) is 17.3. The largest absolute Gasteiger partial charge is 0.412 e. The monoisotopic (exact) mass is 511 g/mol. The molecule has 0 saturated carbocycles. The molecule has 5 nitrogen and oxygen atoms in total. The second-order valence-corrected chi connectivity index (χ2v) is 9.20. The molecule has 0 aliphatic carbocycles. The van der Waals surface area contributed by atoms with Gasteiger partial charge in [0.25, 0.3) is 0 Å². The fourth-order valence-electron chi connectivity index (χ4n) is 4.94. The Morgan fingerprint density at radius 3 is 2.47 bits per heavy atom. The van der Waals surface area contributed by atoms with Gasteiger partial charge < -0.3 is 10.00 Å². The van der Waals surface area contributed by atoms with Gasteiger partial charge in [-0.2, -0.15) is 4.98 Å². The van der Waals surface area contributed by atoms with Crippen LogP contribution in [0.4, 0.5) is 0 Å². The highest BCUT2D eigenvalue weighted by atomic mass is 79.9. The molecule has 3 heterocycles. The van der Waals surface area contributed by atoms with Crippen molar-refractivity contribution in [3.05, 3.63) is 69.5 Å². The first-order valence-corrected chi connectivity index (χ1v) is 10.8. The first-order valence-electron chi connectivity index (χ1n) is 9.67. The molecule has 2 fully saturated rings. The van der Waals surface area contributed by atoms with Crippen LogP contribution in [0.3, 0.4) is 0 Å². The maximum atomic E-state index is 6.13. The number of benzene rings is 2. The zero-order valence-corrected chi connectivity index (χ0v) is 19.6. The number of piperidine rings is 1. The molecule has 0 amide bonds. The topological polar surface area (TPSA) is 73.7 Å². The highest BCUT2D eigenvalue weighted by Crippen LogP contribution is 2.50. The van der Waals surface area contributed by atoms with Crippen molar-refractivity contribution in [2.75, 3.05) is 7.05 Å². The summed E-state index contributed by atoms with van der Waals surface area (Å²) in [5.41, 5.74) is 2.28. The highest BCUT2D eigenvalue weighted by molar-refractivity contribution is 9.10. The van der Waals surface area contributed by atoms with E-state index >= 15 is 0 Å². The molecular weight excluding hydrogens is 489 g/mol. The van der Waals surface area contributed by atoms with Crippen LogP contribution < -0.4 is 0 Å². The van der Waals surface area contributed by atoms with Crippen molar-refractivity contribution in [1.29, 1.82) is 0 Å². The molecule has 8 heteroatoms. The van der Waals surface area contributed by atoms with Gasteiger partial charge in [0.05, 0.1) is 5.92 Å². The maximum absolute atomic E-state index is 6.13. The van der Waals surface area contributed by atoms with Gasteiger partial charge in [0.1, 0.15) is 0 Å². The van der Waals surface area contributed by atoms with Gasteiger partial charge in [0.2, 0.25) is 11.7 Å². The smallest absolute Gasteiger partial charge is 0.232 e. The Balaban J connectivity index is 0.00000128. The van der Waals surface area contributed by atoms with Crippen molar-refractivity contribution < 1.29 is 10.00 Å². The van der Waals surface area contributed by atoms with E-state index in [0.29, 0.717) is 23.8 Å². The predicted molar refractivity (Wildman–Crippen MR) is 124 cm³/mol. The Kier molecular flexibility index (Phi) is 7.25. The van der Waals surface area contributed by atoms with E-state index in [-0.39, 0.29) is 23.8 Å². The van der Waals surface area contributed by atoms with Crippen LogP contribution in [0.5, 0.6) is 0 Å². The van der Waals surface area contributed by atoms with Gasteiger partial charge in [-0.15, -0.1) is 12.4 Å². The standard InChI is InChI=1S/C22H21BrClN3O.ClH.H2O/c1-27-17-10-11-19(27)20(18(12-17)13-4-8-16(24)9-5-13)22-25-21(26-28-22)14-2-6-15(23)7-3-14;;/h2-9,17-20H,10-12H2,1H3;1H;1H2/t17-,18-,19?,20?;;/m1../s1. The SMILES string of the molecule is CN1C2CC[C@@H]1C[C@H](c1ccc(Cl)cc1)C2c1nc(-c2ccc(Br)cc2)no1.Cl.O. The van der Waals surface area contributed by atoms with Gasteiger partial charge >= 0.3 is 0 Å². The Hall–Kier alpha value is -1.44. The zero-order chi connectivity index (χ0) is 19.3. The van der Waals surface area contributed by atoms with Crippen molar-refractivity contribution in [2.24, 2.45) is 0 Å². The van der Waals surface area contributed by atoms with Gasteiger partial charge in [0.15, 0.2) is 0 Å². The molecule has 3 aromatic rings. The number of hydrogen-bond donors (Lipinski definition) is 0. The van der Waals surface area contributed by atoms with Crippen molar-refractivity contribution in [1.82, 2.24) is 15.0 Å². The van der Waals surface area contributed by atoms with Crippen molar-refractivity contribution >= 4 is 39.9 Å². The third kappa shape index (κ3) is 4.16.